The van der Waals surface area contributed by atoms with Crippen LogP contribution in [0.1, 0.15) is 38.7 Å². The van der Waals surface area contributed by atoms with E-state index >= 15 is 0 Å². The Labute approximate surface area is 138 Å². The largest absolute Gasteiger partial charge is 0.481 e. The van der Waals surface area contributed by atoms with Crippen LogP contribution >= 0.6 is 11.6 Å². The normalized spacial score (nSPS) is 14.8. The van der Waals surface area contributed by atoms with Gasteiger partial charge in [0.1, 0.15) is 0 Å². The lowest BCUT2D eigenvalue weighted by atomic mass is 9.91. The minimum atomic E-state index is -1.39. The molecule has 1 heterocycles. The van der Waals surface area contributed by atoms with Crippen LogP contribution in [0.4, 0.5) is 0 Å². The molecular formula is C16H21ClN2O2S. The summed E-state index contributed by atoms with van der Waals surface area (Å²) in [6.45, 7) is 5.86. The summed E-state index contributed by atoms with van der Waals surface area (Å²) in [5, 5.41) is 7.21. The van der Waals surface area contributed by atoms with Crippen molar-refractivity contribution in [3.8, 4) is 5.88 Å². The summed E-state index contributed by atoms with van der Waals surface area (Å²) >= 11 is 6.06. The summed E-state index contributed by atoms with van der Waals surface area (Å²) in [7, 11) is 0.212. The fourth-order valence-electron chi connectivity index (χ4n) is 2.59. The van der Waals surface area contributed by atoms with Crippen molar-refractivity contribution in [2.75, 3.05) is 7.11 Å². The van der Waals surface area contributed by atoms with E-state index in [4.69, 9.17) is 21.5 Å². The van der Waals surface area contributed by atoms with Crippen molar-refractivity contribution in [1.29, 1.82) is 0 Å². The second kappa shape index (κ2) is 6.52. The molecule has 0 aliphatic rings. The van der Waals surface area contributed by atoms with Crippen LogP contribution in [0.2, 0.25) is 5.02 Å². The Morgan fingerprint density at radius 2 is 2.09 bits per heavy atom. The molecule has 1 unspecified atom stereocenters. The summed E-state index contributed by atoms with van der Waals surface area (Å²) < 4.78 is 16.6. The Hall–Kier alpha value is -1.17. The SMILES string of the molecule is COc1nc2ccc(Cl)cc2cc1[C@H](C)CC(C)(C)S(N)=O. The molecule has 0 aliphatic carbocycles. The van der Waals surface area contributed by atoms with Gasteiger partial charge in [0.2, 0.25) is 5.88 Å². The van der Waals surface area contributed by atoms with Crippen LogP contribution in [0.3, 0.4) is 0 Å². The topological polar surface area (TPSA) is 65.2 Å². The number of fused-ring (bicyclic) bond motifs is 1. The first-order chi connectivity index (χ1) is 10.2. The molecule has 0 amide bonds. The third kappa shape index (κ3) is 3.59. The third-order valence-electron chi connectivity index (χ3n) is 3.84. The standard InChI is InChI=1S/C16H21ClN2O2S/c1-10(9-16(2,3)22(18)20)13-8-11-7-12(17)5-6-14(11)19-15(13)21-4/h5-8,10H,9,18H2,1-4H3/t10-,22?/m1/s1. The summed E-state index contributed by atoms with van der Waals surface area (Å²) in [5.41, 5.74) is 1.80. The Morgan fingerprint density at radius 1 is 1.41 bits per heavy atom. The zero-order valence-electron chi connectivity index (χ0n) is 13.2. The molecule has 1 aromatic carbocycles. The van der Waals surface area contributed by atoms with Crippen LogP contribution < -0.4 is 9.88 Å². The van der Waals surface area contributed by atoms with E-state index in [9.17, 15) is 4.21 Å². The van der Waals surface area contributed by atoms with E-state index in [0.717, 1.165) is 16.5 Å². The molecule has 2 rings (SSSR count). The Bertz CT molecular complexity index is 719. The summed E-state index contributed by atoms with van der Waals surface area (Å²) in [6.07, 6.45) is 0.667. The smallest absolute Gasteiger partial charge is 0.217 e. The molecule has 0 radical (unpaired) electrons. The highest BCUT2D eigenvalue weighted by atomic mass is 35.5. The van der Waals surface area contributed by atoms with Crippen LogP contribution in [0.25, 0.3) is 10.9 Å². The highest BCUT2D eigenvalue weighted by Crippen LogP contribution is 2.35. The number of rotatable bonds is 5. The van der Waals surface area contributed by atoms with Crippen molar-refractivity contribution in [3.05, 3.63) is 34.9 Å². The van der Waals surface area contributed by atoms with Gasteiger partial charge >= 0.3 is 0 Å². The number of methoxy groups -OCH3 is 1. The predicted octanol–water partition coefficient (Wildman–Crippen LogP) is 3.79. The lowest BCUT2D eigenvalue weighted by Gasteiger charge is -2.26. The van der Waals surface area contributed by atoms with Gasteiger partial charge in [-0.3, -0.25) is 5.14 Å². The van der Waals surface area contributed by atoms with Crippen LogP contribution in [0, 0.1) is 0 Å². The Morgan fingerprint density at radius 3 is 2.68 bits per heavy atom. The van der Waals surface area contributed by atoms with Gasteiger partial charge < -0.3 is 4.74 Å². The number of benzene rings is 1. The fourth-order valence-corrected chi connectivity index (χ4v) is 3.19. The molecule has 2 aromatic rings. The van der Waals surface area contributed by atoms with Crippen molar-refractivity contribution < 1.29 is 8.95 Å². The molecule has 1 aromatic heterocycles. The summed E-state index contributed by atoms with van der Waals surface area (Å²) in [6, 6.07) is 7.59. The first kappa shape index (κ1) is 17.2. The Balaban J connectivity index is 2.46. The van der Waals surface area contributed by atoms with Crippen LogP contribution in [0.5, 0.6) is 5.88 Å². The first-order valence-electron chi connectivity index (χ1n) is 7.05. The zero-order chi connectivity index (χ0) is 16.5. The molecule has 22 heavy (non-hydrogen) atoms. The van der Waals surface area contributed by atoms with Crippen LogP contribution in [0.15, 0.2) is 24.3 Å². The maximum atomic E-state index is 11.7. The number of ether oxygens (including phenoxy) is 1. The molecule has 0 aliphatic heterocycles. The number of halogens is 1. The molecule has 0 saturated heterocycles. The second-order valence-electron chi connectivity index (χ2n) is 6.09. The summed E-state index contributed by atoms with van der Waals surface area (Å²) in [5.74, 6) is 0.689. The Kier molecular flexibility index (Phi) is 5.10. The molecule has 0 fully saturated rings. The maximum absolute atomic E-state index is 11.7. The van der Waals surface area contributed by atoms with Crippen molar-refractivity contribution in [2.24, 2.45) is 5.14 Å². The molecule has 4 nitrogen and oxygen atoms in total. The molecule has 0 spiro atoms. The van der Waals surface area contributed by atoms with Gasteiger partial charge in [-0.2, -0.15) is 0 Å². The van der Waals surface area contributed by atoms with E-state index in [2.05, 4.69) is 11.9 Å². The monoisotopic (exact) mass is 340 g/mol. The van der Waals surface area contributed by atoms with Gasteiger partial charge in [-0.1, -0.05) is 18.5 Å². The van der Waals surface area contributed by atoms with Crippen molar-refractivity contribution in [3.63, 3.8) is 0 Å². The van der Waals surface area contributed by atoms with Gasteiger partial charge in [0.25, 0.3) is 0 Å². The van der Waals surface area contributed by atoms with E-state index in [-0.39, 0.29) is 5.92 Å². The van der Waals surface area contributed by atoms with Crippen LogP contribution in [-0.4, -0.2) is 21.0 Å². The average Bonchev–Trinajstić information content (AvgIpc) is 2.45. The van der Waals surface area contributed by atoms with E-state index in [1.165, 1.54) is 0 Å². The van der Waals surface area contributed by atoms with Crippen LogP contribution in [-0.2, 0) is 11.0 Å². The van der Waals surface area contributed by atoms with E-state index in [1.54, 1.807) is 13.2 Å². The van der Waals surface area contributed by atoms with E-state index in [1.807, 2.05) is 32.0 Å². The first-order valence-corrected chi connectivity index (χ1v) is 8.64. The van der Waals surface area contributed by atoms with Crippen molar-refractivity contribution in [1.82, 2.24) is 4.98 Å². The zero-order valence-corrected chi connectivity index (χ0v) is 14.8. The third-order valence-corrected chi connectivity index (χ3v) is 5.33. The lowest BCUT2D eigenvalue weighted by Crippen LogP contribution is -2.33. The average molecular weight is 341 g/mol. The van der Waals surface area contributed by atoms with Gasteiger partial charge in [-0.05, 0) is 50.5 Å². The minimum absolute atomic E-state index is 0.105. The quantitative estimate of drug-likeness (QED) is 0.900. The van der Waals surface area contributed by atoms with Gasteiger partial charge in [0.15, 0.2) is 0 Å². The molecule has 0 bridgehead atoms. The predicted molar refractivity (Wildman–Crippen MR) is 92.7 cm³/mol. The van der Waals surface area contributed by atoms with Gasteiger partial charge in [-0.15, -0.1) is 0 Å². The van der Waals surface area contributed by atoms with Gasteiger partial charge in [0, 0.05) is 16.0 Å². The molecule has 6 heteroatoms. The lowest BCUT2D eigenvalue weighted by molar-refractivity contribution is 0.388. The van der Waals surface area contributed by atoms with E-state index < -0.39 is 15.7 Å². The second-order valence-corrected chi connectivity index (χ2v) is 8.22. The van der Waals surface area contributed by atoms with E-state index in [0.29, 0.717) is 17.3 Å². The molecule has 2 atom stereocenters. The molecule has 120 valence electrons. The number of nitrogens with zero attached hydrogens (tertiary/aromatic N) is 1. The molecule has 2 N–H and O–H groups in total. The maximum Gasteiger partial charge on any atom is 0.217 e. The number of hydrogen-bond acceptors (Lipinski definition) is 3. The van der Waals surface area contributed by atoms with Gasteiger partial charge in [-0.25, -0.2) is 9.19 Å². The number of pyridine rings is 1. The summed E-state index contributed by atoms with van der Waals surface area (Å²) in [4.78, 5) is 4.54. The number of nitrogens with two attached hydrogens (primary N) is 1. The highest BCUT2D eigenvalue weighted by molar-refractivity contribution is 7.84. The number of hydrogen-bond donors (Lipinski definition) is 1. The fraction of sp³-hybridized carbons (Fsp3) is 0.438. The minimum Gasteiger partial charge on any atom is -0.481 e. The molecule has 0 saturated carbocycles. The molecular weight excluding hydrogens is 320 g/mol. The van der Waals surface area contributed by atoms with Crippen molar-refractivity contribution >= 4 is 33.5 Å². The van der Waals surface area contributed by atoms with Crippen molar-refractivity contribution in [2.45, 2.75) is 37.9 Å². The highest BCUT2D eigenvalue weighted by Gasteiger charge is 2.28. The van der Waals surface area contributed by atoms with Gasteiger partial charge in [0.05, 0.1) is 28.4 Å². The number of aromatic nitrogens is 1.